The second-order valence-corrected chi connectivity index (χ2v) is 5.84. The Hall–Kier alpha value is -2.20. The van der Waals surface area contributed by atoms with Gasteiger partial charge in [0.1, 0.15) is 18.1 Å². The van der Waals surface area contributed by atoms with Gasteiger partial charge in [0.15, 0.2) is 0 Å². The van der Waals surface area contributed by atoms with Gasteiger partial charge in [-0.2, -0.15) is 0 Å². The molecule has 0 aliphatic carbocycles. The van der Waals surface area contributed by atoms with Crippen LogP contribution in [0, 0.1) is 0 Å². The molecule has 23 heavy (non-hydrogen) atoms. The summed E-state index contributed by atoms with van der Waals surface area (Å²) in [7, 11) is 0. The van der Waals surface area contributed by atoms with E-state index in [9.17, 15) is 4.79 Å². The number of rotatable bonds is 7. The normalized spacial score (nSPS) is 10.6. The lowest BCUT2D eigenvalue weighted by molar-refractivity contribution is -0.136. The van der Waals surface area contributed by atoms with E-state index in [1.54, 1.807) is 18.2 Å². The number of hydrogen-bond donors (Lipinski definition) is 1. The number of halogens is 1. The smallest absolute Gasteiger partial charge is 0.307 e. The van der Waals surface area contributed by atoms with E-state index in [0.717, 1.165) is 11.3 Å². The molecule has 0 aromatic heterocycles. The monoisotopic (exact) mass is 334 g/mol. The molecular weight excluding hydrogens is 316 g/mol. The van der Waals surface area contributed by atoms with Gasteiger partial charge >= 0.3 is 5.97 Å². The van der Waals surface area contributed by atoms with E-state index in [4.69, 9.17) is 26.2 Å². The van der Waals surface area contributed by atoms with Crippen molar-refractivity contribution in [2.24, 2.45) is 0 Å². The van der Waals surface area contributed by atoms with Crippen molar-refractivity contribution in [3.8, 4) is 11.5 Å². The zero-order valence-electron chi connectivity index (χ0n) is 13.1. The highest BCUT2D eigenvalue weighted by Crippen LogP contribution is 2.26. The Morgan fingerprint density at radius 3 is 2.35 bits per heavy atom. The van der Waals surface area contributed by atoms with E-state index in [1.807, 2.05) is 38.1 Å². The Kier molecular flexibility index (Phi) is 5.88. The molecule has 4 nitrogen and oxygen atoms in total. The Labute approximate surface area is 140 Å². The fourth-order valence-corrected chi connectivity index (χ4v) is 2.30. The van der Waals surface area contributed by atoms with Crippen LogP contribution in [-0.2, 0) is 17.8 Å². The van der Waals surface area contributed by atoms with Gasteiger partial charge in [-0.25, -0.2) is 0 Å². The number of benzene rings is 2. The molecule has 1 N–H and O–H groups in total. The molecule has 0 bridgehead atoms. The van der Waals surface area contributed by atoms with Crippen molar-refractivity contribution in [3.05, 3.63) is 58.6 Å². The number of ether oxygens (including phenoxy) is 2. The number of carboxylic acid groups (broad SMARTS) is 1. The minimum Gasteiger partial charge on any atom is -0.491 e. The molecule has 2 aromatic carbocycles. The van der Waals surface area contributed by atoms with E-state index in [0.29, 0.717) is 22.9 Å². The molecule has 0 heterocycles. The van der Waals surface area contributed by atoms with E-state index in [-0.39, 0.29) is 12.5 Å². The van der Waals surface area contributed by atoms with Gasteiger partial charge in [0.25, 0.3) is 0 Å². The number of aliphatic carboxylic acids is 1. The fourth-order valence-electron chi connectivity index (χ4n) is 2.04. The summed E-state index contributed by atoms with van der Waals surface area (Å²) in [6, 6.07) is 12.7. The van der Waals surface area contributed by atoms with Gasteiger partial charge < -0.3 is 14.6 Å². The average Bonchev–Trinajstić information content (AvgIpc) is 2.47. The molecule has 0 aliphatic rings. The van der Waals surface area contributed by atoms with Gasteiger partial charge in [-0.1, -0.05) is 29.8 Å². The van der Waals surface area contributed by atoms with Gasteiger partial charge in [0, 0.05) is 0 Å². The maximum absolute atomic E-state index is 10.7. The van der Waals surface area contributed by atoms with E-state index in [1.165, 1.54) is 0 Å². The molecule has 0 amide bonds. The Morgan fingerprint density at radius 1 is 1.13 bits per heavy atom. The van der Waals surface area contributed by atoms with Gasteiger partial charge in [-0.3, -0.25) is 4.79 Å². The quantitative estimate of drug-likeness (QED) is 0.818. The van der Waals surface area contributed by atoms with Gasteiger partial charge in [-0.15, -0.1) is 0 Å². The summed E-state index contributed by atoms with van der Waals surface area (Å²) in [5.41, 5.74) is 1.64. The van der Waals surface area contributed by atoms with Crippen LogP contribution in [0.1, 0.15) is 25.0 Å². The predicted octanol–water partition coefficient (Wildman–Crippen LogP) is 4.33. The summed E-state index contributed by atoms with van der Waals surface area (Å²) in [5, 5.41) is 9.18. The van der Waals surface area contributed by atoms with Crippen LogP contribution in [0.25, 0.3) is 0 Å². The average molecular weight is 335 g/mol. The highest BCUT2D eigenvalue weighted by molar-refractivity contribution is 6.32. The highest BCUT2D eigenvalue weighted by atomic mass is 35.5. The fraction of sp³-hybridized carbons (Fsp3) is 0.278. The Bertz CT molecular complexity index is 665. The highest BCUT2D eigenvalue weighted by Gasteiger charge is 2.07. The number of hydrogen-bond acceptors (Lipinski definition) is 3. The van der Waals surface area contributed by atoms with Crippen LogP contribution < -0.4 is 9.47 Å². The van der Waals surface area contributed by atoms with Crippen molar-refractivity contribution in [2.75, 3.05) is 0 Å². The molecule has 0 radical (unpaired) electrons. The minimum absolute atomic E-state index is 0.0582. The van der Waals surface area contributed by atoms with Gasteiger partial charge in [0.05, 0.1) is 17.5 Å². The lowest BCUT2D eigenvalue weighted by Gasteiger charge is -2.11. The molecule has 2 aromatic rings. The maximum atomic E-state index is 10.7. The number of carbonyl (C=O) groups is 1. The molecule has 0 aliphatic heterocycles. The first-order valence-electron chi connectivity index (χ1n) is 7.32. The van der Waals surface area contributed by atoms with Crippen molar-refractivity contribution in [3.63, 3.8) is 0 Å². The minimum atomic E-state index is -0.890. The van der Waals surface area contributed by atoms with Crippen LogP contribution in [-0.4, -0.2) is 17.2 Å². The van der Waals surface area contributed by atoms with Crippen LogP contribution in [0.3, 0.4) is 0 Å². The van der Waals surface area contributed by atoms with Crippen molar-refractivity contribution >= 4 is 17.6 Å². The third kappa shape index (κ3) is 5.49. The van der Waals surface area contributed by atoms with Crippen LogP contribution in [0.4, 0.5) is 0 Å². The molecule has 0 fully saturated rings. The van der Waals surface area contributed by atoms with Crippen LogP contribution >= 0.6 is 11.6 Å². The number of carboxylic acids is 1. The molecule has 0 unspecified atom stereocenters. The Morgan fingerprint density at radius 2 is 1.78 bits per heavy atom. The molecule has 5 heteroatoms. The van der Waals surface area contributed by atoms with Crippen LogP contribution in [0.5, 0.6) is 11.5 Å². The van der Waals surface area contributed by atoms with E-state index >= 15 is 0 Å². The zero-order chi connectivity index (χ0) is 16.8. The SMILES string of the molecule is CC(C)Oc1ccc(COc2ccc(CC(=O)O)cc2Cl)cc1. The van der Waals surface area contributed by atoms with Gasteiger partial charge in [0.2, 0.25) is 0 Å². The zero-order valence-corrected chi connectivity index (χ0v) is 13.8. The van der Waals surface area contributed by atoms with Crippen molar-refractivity contribution < 1.29 is 19.4 Å². The summed E-state index contributed by atoms with van der Waals surface area (Å²) < 4.78 is 11.3. The molecule has 122 valence electrons. The standard InChI is InChI=1S/C18H19ClO4/c1-12(2)23-15-6-3-13(4-7-15)11-22-17-8-5-14(9-16(17)19)10-18(20)21/h3-9,12H,10-11H2,1-2H3,(H,20,21). The van der Waals surface area contributed by atoms with Crippen molar-refractivity contribution in [1.82, 2.24) is 0 Å². The van der Waals surface area contributed by atoms with E-state index in [2.05, 4.69) is 0 Å². The summed E-state index contributed by atoms with van der Waals surface area (Å²) >= 11 is 6.12. The summed E-state index contributed by atoms with van der Waals surface area (Å²) in [6.07, 6.45) is 0.0809. The Balaban J connectivity index is 1.96. The lowest BCUT2D eigenvalue weighted by atomic mass is 10.1. The lowest BCUT2D eigenvalue weighted by Crippen LogP contribution is -2.05. The molecular formula is C18H19ClO4. The molecule has 0 saturated carbocycles. The van der Waals surface area contributed by atoms with E-state index < -0.39 is 5.97 Å². The summed E-state index contributed by atoms with van der Waals surface area (Å²) in [6.45, 7) is 4.33. The molecule has 2 rings (SSSR count). The topological polar surface area (TPSA) is 55.8 Å². The first-order valence-corrected chi connectivity index (χ1v) is 7.70. The largest absolute Gasteiger partial charge is 0.491 e. The second-order valence-electron chi connectivity index (χ2n) is 5.43. The molecule has 0 saturated heterocycles. The van der Waals surface area contributed by atoms with Crippen molar-refractivity contribution in [1.29, 1.82) is 0 Å². The van der Waals surface area contributed by atoms with Crippen LogP contribution in [0.15, 0.2) is 42.5 Å². The first-order chi connectivity index (χ1) is 10.9. The summed E-state index contributed by atoms with van der Waals surface area (Å²) in [4.78, 5) is 10.7. The third-order valence-corrected chi connectivity index (χ3v) is 3.34. The molecule has 0 atom stereocenters. The van der Waals surface area contributed by atoms with Crippen molar-refractivity contribution in [2.45, 2.75) is 33.0 Å². The first kappa shape index (κ1) is 17.2. The maximum Gasteiger partial charge on any atom is 0.307 e. The summed E-state index contributed by atoms with van der Waals surface area (Å²) in [5.74, 6) is 0.460. The van der Waals surface area contributed by atoms with Gasteiger partial charge in [-0.05, 0) is 49.2 Å². The predicted molar refractivity (Wildman–Crippen MR) is 89.3 cm³/mol. The van der Waals surface area contributed by atoms with Crippen LogP contribution in [0.2, 0.25) is 5.02 Å². The molecule has 0 spiro atoms. The second kappa shape index (κ2) is 7.88. The third-order valence-electron chi connectivity index (χ3n) is 3.04.